The molecule has 0 atom stereocenters. The Kier molecular flexibility index (Phi) is 6.40. The number of aromatic nitrogens is 4. The van der Waals surface area contributed by atoms with Crippen LogP contribution in [-0.4, -0.2) is 19.9 Å². The van der Waals surface area contributed by atoms with Crippen molar-refractivity contribution in [3.63, 3.8) is 0 Å². The molecule has 4 nitrogen and oxygen atoms in total. The van der Waals surface area contributed by atoms with Crippen LogP contribution in [0, 0.1) is 13.8 Å². The molecule has 0 N–H and O–H groups in total. The third-order valence-corrected chi connectivity index (χ3v) is 9.97. The maximum absolute atomic E-state index is 5.20. The molecule has 0 saturated carbocycles. The SMILES string of the molecule is Cc1ccc2ccc3c(-c4cccc(-c5cccc(-c6nc(-c7ccccc7)c7sc8ccccc8c7n6)c5)c4)cc(C)nc3c2n1. The maximum Gasteiger partial charge on any atom is 0.160 e. The quantitative estimate of drug-likeness (QED) is 0.184. The van der Waals surface area contributed by atoms with E-state index in [0.717, 1.165) is 93.7 Å². The Hall–Kier alpha value is -5.78. The number of aryl methyl sites for hydroxylation is 2. The Morgan fingerprint density at radius 2 is 1.13 bits per heavy atom. The predicted octanol–water partition coefficient (Wildman–Crippen LogP) is 11.2. The molecule has 5 heteroatoms. The molecular formula is C42H28N4S. The Labute approximate surface area is 276 Å². The minimum Gasteiger partial charge on any atom is -0.251 e. The number of nitrogens with zero attached hydrogens (tertiary/aromatic N) is 4. The number of rotatable bonds is 4. The van der Waals surface area contributed by atoms with Gasteiger partial charge in [-0.3, -0.25) is 9.97 Å². The standard InChI is InChI=1S/C42H28N4S/c1-25-18-19-28-20-21-33-35(22-26(2)44-39(33)37(28)43-25)31-14-8-12-29(23-31)30-13-9-15-32(24-30)42-45-38(27-10-4-3-5-11-27)41-40(46-42)34-16-6-7-17-36(34)47-41/h3-24H,1-2H3. The average molecular weight is 621 g/mol. The summed E-state index contributed by atoms with van der Waals surface area (Å²) < 4.78 is 2.33. The molecule has 0 aliphatic rings. The molecule has 47 heavy (non-hydrogen) atoms. The number of benzene rings is 5. The van der Waals surface area contributed by atoms with Crippen molar-refractivity contribution >= 4 is 53.4 Å². The fourth-order valence-electron chi connectivity index (χ4n) is 6.55. The molecule has 4 heterocycles. The van der Waals surface area contributed by atoms with E-state index in [1.54, 1.807) is 11.3 Å². The Morgan fingerprint density at radius 1 is 0.447 bits per heavy atom. The van der Waals surface area contributed by atoms with Crippen molar-refractivity contribution in [2.45, 2.75) is 13.8 Å². The van der Waals surface area contributed by atoms with Gasteiger partial charge in [0.2, 0.25) is 0 Å². The molecule has 0 aliphatic heterocycles. The molecule has 0 radical (unpaired) electrons. The summed E-state index contributed by atoms with van der Waals surface area (Å²) in [7, 11) is 0. The van der Waals surface area contributed by atoms with Gasteiger partial charge in [0.05, 0.1) is 26.9 Å². The highest BCUT2D eigenvalue weighted by Crippen LogP contribution is 2.40. The zero-order chi connectivity index (χ0) is 31.5. The van der Waals surface area contributed by atoms with Gasteiger partial charge in [-0.2, -0.15) is 0 Å². The summed E-state index contributed by atoms with van der Waals surface area (Å²) in [6, 6.07) is 46.9. The fraction of sp³-hybridized carbons (Fsp3) is 0.0476. The van der Waals surface area contributed by atoms with E-state index in [9.17, 15) is 0 Å². The van der Waals surface area contributed by atoms with Crippen molar-refractivity contribution in [1.82, 2.24) is 19.9 Å². The lowest BCUT2D eigenvalue weighted by Crippen LogP contribution is -1.94. The maximum atomic E-state index is 5.20. The van der Waals surface area contributed by atoms with Crippen LogP contribution in [0.15, 0.2) is 133 Å². The van der Waals surface area contributed by atoms with Crippen molar-refractivity contribution in [3.05, 3.63) is 145 Å². The van der Waals surface area contributed by atoms with Crippen LogP contribution in [0.5, 0.6) is 0 Å². The summed E-state index contributed by atoms with van der Waals surface area (Å²) in [6.07, 6.45) is 0. The highest BCUT2D eigenvalue weighted by molar-refractivity contribution is 7.26. The number of hydrogen-bond acceptors (Lipinski definition) is 5. The Morgan fingerprint density at radius 3 is 1.98 bits per heavy atom. The van der Waals surface area contributed by atoms with Gasteiger partial charge < -0.3 is 0 Å². The highest BCUT2D eigenvalue weighted by atomic mass is 32.1. The lowest BCUT2D eigenvalue weighted by atomic mass is 9.95. The molecule has 0 fully saturated rings. The molecule has 0 amide bonds. The van der Waals surface area contributed by atoms with E-state index in [-0.39, 0.29) is 0 Å². The van der Waals surface area contributed by atoms with E-state index in [1.165, 1.54) is 4.70 Å². The molecular weight excluding hydrogens is 593 g/mol. The monoisotopic (exact) mass is 620 g/mol. The summed E-state index contributed by atoms with van der Waals surface area (Å²) in [5, 5.41) is 3.37. The van der Waals surface area contributed by atoms with Crippen LogP contribution in [0.4, 0.5) is 0 Å². The topological polar surface area (TPSA) is 51.6 Å². The smallest absolute Gasteiger partial charge is 0.160 e. The first-order chi connectivity index (χ1) is 23.1. The van der Waals surface area contributed by atoms with Crippen molar-refractivity contribution < 1.29 is 0 Å². The van der Waals surface area contributed by atoms with Gasteiger partial charge in [0.1, 0.15) is 0 Å². The van der Waals surface area contributed by atoms with Gasteiger partial charge in [0, 0.05) is 43.4 Å². The van der Waals surface area contributed by atoms with Gasteiger partial charge in [0.25, 0.3) is 0 Å². The minimum atomic E-state index is 0.725. The molecule has 4 aromatic heterocycles. The van der Waals surface area contributed by atoms with E-state index in [0.29, 0.717) is 0 Å². The zero-order valence-corrected chi connectivity index (χ0v) is 26.7. The molecule has 0 unspecified atom stereocenters. The van der Waals surface area contributed by atoms with Crippen LogP contribution in [0.2, 0.25) is 0 Å². The zero-order valence-electron chi connectivity index (χ0n) is 25.9. The third kappa shape index (κ3) is 4.75. The fourth-order valence-corrected chi connectivity index (χ4v) is 7.71. The van der Waals surface area contributed by atoms with Gasteiger partial charge in [-0.15, -0.1) is 11.3 Å². The predicted molar refractivity (Wildman–Crippen MR) is 197 cm³/mol. The lowest BCUT2D eigenvalue weighted by molar-refractivity contribution is 1.23. The van der Waals surface area contributed by atoms with Gasteiger partial charge in [-0.25, -0.2) is 9.97 Å². The van der Waals surface area contributed by atoms with Crippen LogP contribution >= 0.6 is 11.3 Å². The minimum absolute atomic E-state index is 0.725. The molecule has 0 aliphatic carbocycles. The van der Waals surface area contributed by atoms with Crippen molar-refractivity contribution in [2.75, 3.05) is 0 Å². The molecule has 0 spiro atoms. The van der Waals surface area contributed by atoms with Crippen LogP contribution < -0.4 is 0 Å². The molecule has 0 saturated heterocycles. The summed E-state index contributed by atoms with van der Waals surface area (Å²) in [6.45, 7) is 4.09. The first-order valence-electron chi connectivity index (χ1n) is 15.7. The van der Waals surface area contributed by atoms with E-state index in [4.69, 9.17) is 19.9 Å². The second-order valence-corrected chi connectivity index (χ2v) is 13.0. The van der Waals surface area contributed by atoms with Crippen LogP contribution in [0.25, 0.3) is 87.0 Å². The van der Waals surface area contributed by atoms with E-state index in [1.807, 2.05) is 13.0 Å². The highest BCUT2D eigenvalue weighted by Gasteiger charge is 2.17. The second-order valence-electron chi connectivity index (χ2n) is 12.0. The average Bonchev–Trinajstić information content (AvgIpc) is 3.50. The van der Waals surface area contributed by atoms with Crippen molar-refractivity contribution in [3.8, 4) is 44.9 Å². The summed E-state index contributed by atoms with van der Waals surface area (Å²) in [5.41, 5.74) is 12.4. The normalized spacial score (nSPS) is 11.6. The van der Waals surface area contributed by atoms with Gasteiger partial charge in [-0.05, 0) is 66.4 Å². The molecule has 5 aromatic carbocycles. The number of hydrogen-bond donors (Lipinski definition) is 0. The molecule has 9 rings (SSSR count). The van der Waals surface area contributed by atoms with Crippen LogP contribution in [-0.2, 0) is 0 Å². The summed E-state index contributed by atoms with van der Waals surface area (Å²) in [5.74, 6) is 0.725. The summed E-state index contributed by atoms with van der Waals surface area (Å²) >= 11 is 1.76. The molecule has 222 valence electrons. The Balaban J connectivity index is 1.18. The third-order valence-electron chi connectivity index (χ3n) is 8.80. The van der Waals surface area contributed by atoms with Gasteiger partial charge >= 0.3 is 0 Å². The van der Waals surface area contributed by atoms with E-state index in [2.05, 4.69) is 134 Å². The molecule has 9 aromatic rings. The lowest BCUT2D eigenvalue weighted by Gasteiger charge is -2.12. The number of thiophene rings is 1. The van der Waals surface area contributed by atoms with Gasteiger partial charge in [-0.1, -0.05) is 103 Å². The van der Waals surface area contributed by atoms with Gasteiger partial charge in [0.15, 0.2) is 5.82 Å². The van der Waals surface area contributed by atoms with Crippen molar-refractivity contribution in [1.29, 1.82) is 0 Å². The summed E-state index contributed by atoms with van der Waals surface area (Å²) in [4.78, 5) is 20.2. The van der Waals surface area contributed by atoms with Crippen LogP contribution in [0.3, 0.4) is 0 Å². The first-order valence-corrected chi connectivity index (χ1v) is 16.5. The Bertz CT molecular complexity index is 2660. The van der Waals surface area contributed by atoms with E-state index >= 15 is 0 Å². The van der Waals surface area contributed by atoms with E-state index < -0.39 is 0 Å². The molecule has 0 bridgehead atoms. The van der Waals surface area contributed by atoms with Crippen LogP contribution in [0.1, 0.15) is 11.4 Å². The number of fused-ring (bicyclic) bond motifs is 6. The number of pyridine rings is 2. The largest absolute Gasteiger partial charge is 0.251 e. The van der Waals surface area contributed by atoms with Crippen molar-refractivity contribution in [2.24, 2.45) is 0 Å². The second kappa shape index (κ2) is 10.9. The first kappa shape index (κ1) is 27.5.